The van der Waals surface area contributed by atoms with Gasteiger partial charge in [0.15, 0.2) is 0 Å². The SMILES string of the molecule is O=C(O)NCC1CCC(CNC(=O)c2cc(N3CCN(C(=O)CO)CC3)nc3ccccc23)CC1. The molecule has 2 aromatic rings. The van der Waals surface area contributed by atoms with E-state index >= 15 is 0 Å². The number of benzene rings is 1. The number of anilines is 1. The van der Waals surface area contributed by atoms with Crippen LogP contribution in [-0.2, 0) is 4.79 Å². The zero-order valence-corrected chi connectivity index (χ0v) is 19.8. The molecular weight excluding hydrogens is 450 g/mol. The van der Waals surface area contributed by atoms with Crippen molar-refractivity contribution in [1.82, 2.24) is 20.5 Å². The Morgan fingerprint density at radius 1 is 0.943 bits per heavy atom. The van der Waals surface area contributed by atoms with E-state index in [9.17, 15) is 14.4 Å². The number of aromatic nitrogens is 1. The first-order valence-corrected chi connectivity index (χ1v) is 12.2. The van der Waals surface area contributed by atoms with E-state index < -0.39 is 12.7 Å². The second-order valence-corrected chi connectivity index (χ2v) is 9.35. The summed E-state index contributed by atoms with van der Waals surface area (Å²) in [5.41, 5.74) is 1.33. The normalized spacial score (nSPS) is 20.5. The Kier molecular flexibility index (Phi) is 8.02. The number of aliphatic hydroxyl groups excluding tert-OH is 1. The van der Waals surface area contributed by atoms with Crippen molar-refractivity contribution in [2.45, 2.75) is 25.7 Å². The van der Waals surface area contributed by atoms with Gasteiger partial charge in [0.2, 0.25) is 5.91 Å². The molecule has 4 rings (SSSR count). The Balaban J connectivity index is 1.40. The second kappa shape index (κ2) is 11.4. The van der Waals surface area contributed by atoms with Crippen molar-refractivity contribution < 1.29 is 24.6 Å². The number of amides is 3. The van der Waals surface area contributed by atoms with Crippen LogP contribution in [0.4, 0.5) is 10.6 Å². The number of nitrogens with one attached hydrogen (secondary N) is 2. The monoisotopic (exact) mass is 483 g/mol. The van der Waals surface area contributed by atoms with E-state index in [1.54, 1.807) is 4.90 Å². The number of fused-ring (bicyclic) bond motifs is 1. The molecule has 1 saturated carbocycles. The van der Waals surface area contributed by atoms with Gasteiger partial charge >= 0.3 is 6.09 Å². The van der Waals surface area contributed by atoms with Crippen molar-refractivity contribution in [3.63, 3.8) is 0 Å². The van der Waals surface area contributed by atoms with E-state index in [-0.39, 0.29) is 11.8 Å². The van der Waals surface area contributed by atoms with Crippen LogP contribution < -0.4 is 15.5 Å². The Bertz CT molecular complexity index is 1060. The third-order valence-corrected chi connectivity index (χ3v) is 7.10. The van der Waals surface area contributed by atoms with Crippen molar-refractivity contribution in [2.75, 3.05) is 50.8 Å². The summed E-state index contributed by atoms with van der Waals surface area (Å²) in [6.45, 7) is 2.75. The van der Waals surface area contributed by atoms with Gasteiger partial charge in [-0.2, -0.15) is 0 Å². The van der Waals surface area contributed by atoms with E-state index in [2.05, 4.69) is 15.5 Å². The van der Waals surface area contributed by atoms with Crippen molar-refractivity contribution in [2.24, 2.45) is 11.8 Å². The van der Waals surface area contributed by atoms with Crippen LogP contribution in [0.5, 0.6) is 0 Å². The first-order chi connectivity index (χ1) is 16.9. The van der Waals surface area contributed by atoms with Gasteiger partial charge in [-0.05, 0) is 49.7 Å². The molecule has 1 aromatic heterocycles. The lowest BCUT2D eigenvalue weighted by Gasteiger charge is -2.35. The maximum atomic E-state index is 13.2. The Morgan fingerprint density at radius 3 is 2.20 bits per heavy atom. The molecule has 10 nitrogen and oxygen atoms in total. The maximum Gasteiger partial charge on any atom is 0.404 e. The maximum absolute atomic E-state index is 13.2. The standard InChI is InChI=1S/C25H33N5O5/c31-16-23(32)30-11-9-29(10-12-30)22-13-20(19-3-1-2-4-21(19)28-22)24(33)26-14-17-5-7-18(8-6-17)15-27-25(34)35/h1-4,13,17-18,27,31H,5-12,14-16H2,(H,26,33)(H,34,35). The fourth-order valence-electron chi connectivity index (χ4n) is 5.00. The average Bonchev–Trinajstić information content (AvgIpc) is 2.90. The minimum absolute atomic E-state index is 0.131. The lowest BCUT2D eigenvalue weighted by molar-refractivity contribution is -0.134. The summed E-state index contributed by atoms with van der Waals surface area (Å²) in [6, 6.07) is 9.42. The lowest BCUT2D eigenvalue weighted by Crippen LogP contribution is -2.49. The zero-order chi connectivity index (χ0) is 24.8. The molecule has 1 aliphatic carbocycles. The summed E-state index contributed by atoms with van der Waals surface area (Å²) in [5.74, 6) is 1.04. The highest BCUT2D eigenvalue weighted by Crippen LogP contribution is 2.28. The number of para-hydroxylation sites is 1. The number of carbonyl (C=O) groups is 3. The predicted octanol–water partition coefficient (Wildman–Crippen LogP) is 1.68. The molecule has 35 heavy (non-hydrogen) atoms. The first-order valence-electron chi connectivity index (χ1n) is 12.2. The van der Waals surface area contributed by atoms with Crippen LogP contribution in [0.25, 0.3) is 10.9 Å². The molecule has 3 amide bonds. The van der Waals surface area contributed by atoms with E-state index in [1.165, 1.54) is 0 Å². The average molecular weight is 484 g/mol. The third kappa shape index (κ3) is 6.19. The highest BCUT2D eigenvalue weighted by atomic mass is 16.4. The molecule has 2 fully saturated rings. The van der Waals surface area contributed by atoms with E-state index in [1.807, 2.05) is 30.3 Å². The van der Waals surface area contributed by atoms with Crippen LogP contribution in [0.2, 0.25) is 0 Å². The molecule has 0 spiro atoms. The fraction of sp³-hybridized carbons (Fsp3) is 0.520. The number of pyridine rings is 1. The molecule has 1 aliphatic heterocycles. The van der Waals surface area contributed by atoms with Gasteiger partial charge in [-0.15, -0.1) is 0 Å². The summed E-state index contributed by atoms with van der Waals surface area (Å²) < 4.78 is 0. The van der Waals surface area contributed by atoms with Crippen LogP contribution in [0.1, 0.15) is 36.0 Å². The summed E-state index contributed by atoms with van der Waals surface area (Å²) in [7, 11) is 0. The number of hydrogen-bond acceptors (Lipinski definition) is 6. The molecule has 1 aromatic carbocycles. The van der Waals surface area contributed by atoms with Gasteiger partial charge in [0.1, 0.15) is 12.4 Å². The van der Waals surface area contributed by atoms with Gasteiger partial charge in [-0.1, -0.05) is 18.2 Å². The molecule has 0 radical (unpaired) electrons. The molecular formula is C25H33N5O5. The Hall–Kier alpha value is -3.40. The van der Waals surface area contributed by atoms with Crippen molar-refractivity contribution in [3.8, 4) is 0 Å². The molecule has 188 valence electrons. The van der Waals surface area contributed by atoms with Gasteiger partial charge in [0.25, 0.3) is 5.91 Å². The molecule has 2 heterocycles. The number of carboxylic acid groups (broad SMARTS) is 1. The summed E-state index contributed by atoms with van der Waals surface area (Å²) >= 11 is 0. The van der Waals surface area contributed by atoms with Crippen LogP contribution >= 0.6 is 0 Å². The van der Waals surface area contributed by atoms with Gasteiger partial charge in [0, 0.05) is 44.7 Å². The number of rotatable bonds is 7. The molecule has 1 saturated heterocycles. The smallest absolute Gasteiger partial charge is 0.404 e. The Labute approximate surface area is 204 Å². The van der Waals surface area contributed by atoms with E-state index in [0.717, 1.165) is 36.6 Å². The zero-order valence-electron chi connectivity index (χ0n) is 19.8. The Morgan fingerprint density at radius 2 is 1.57 bits per heavy atom. The lowest BCUT2D eigenvalue weighted by atomic mass is 9.82. The summed E-state index contributed by atoms with van der Waals surface area (Å²) in [5, 5.41) is 24.3. The third-order valence-electron chi connectivity index (χ3n) is 7.10. The number of aliphatic hydroxyl groups is 1. The van der Waals surface area contributed by atoms with Gasteiger partial charge in [-0.25, -0.2) is 9.78 Å². The van der Waals surface area contributed by atoms with E-state index in [0.29, 0.717) is 62.5 Å². The fourth-order valence-corrected chi connectivity index (χ4v) is 5.00. The molecule has 2 aliphatic rings. The number of carbonyl (C=O) groups excluding carboxylic acids is 2. The molecule has 0 bridgehead atoms. The largest absolute Gasteiger partial charge is 0.465 e. The summed E-state index contributed by atoms with van der Waals surface area (Å²) in [6.07, 6.45) is 2.85. The minimum atomic E-state index is -0.983. The van der Waals surface area contributed by atoms with Crippen molar-refractivity contribution in [3.05, 3.63) is 35.9 Å². The van der Waals surface area contributed by atoms with Crippen molar-refractivity contribution in [1.29, 1.82) is 0 Å². The van der Waals surface area contributed by atoms with Crippen LogP contribution in [-0.4, -0.2) is 83.9 Å². The molecule has 0 atom stereocenters. The number of piperazine rings is 1. The number of nitrogens with zero attached hydrogens (tertiary/aromatic N) is 3. The molecule has 10 heteroatoms. The number of hydrogen-bond donors (Lipinski definition) is 4. The highest BCUT2D eigenvalue weighted by molar-refractivity contribution is 6.07. The molecule has 0 unspecified atom stereocenters. The van der Waals surface area contributed by atoms with Gasteiger partial charge in [-0.3, -0.25) is 9.59 Å². The minimum Gasteiger partial charge on any atom is -0.465 e. The van der Waals surface area contributed by atoms with Crippen LogP contribution in [0.3, 0.4) is 0 Å². The van der Waals surface area contributed by atoms with Crippen LogP contribution in [0.15, 0.2) is 30.3 Å². The first kappa shape index (κ1) is 24.7. The highest BCUT2D eigenvalue weighted by Gasteiger charge is 2.25. The quantitative estimate of drug-likeness (QED) is 0.471. The topological polar surface area (TPSA) is 135 Å². The predicted molar refractivity (Wildman–Crippen MR) is 131 cm³/mol. The molecule has 4 N–H and O–H groups in total. The summed E-state index contributed by atoms with van der Waals surface area (Å²) in [4.78, 5) is 44.2. The van der Waals surface area contributed by atoms with Crippen LogP contribution in [0, 0.1) is 11.8 Å². The van der Waals surface area contributed by atoms with Crippen molar-refractivity contribution >= 4 is 34.6 Å². The van der Waals surface area contributed by atoms with Gasteiger partial charge < -0.3 is 30.6 Å². The van der Waals surface area contributed by atoms with E-state index in [4.69, 9.17) is 15.2 Å². The second-order valence-electron chi connectivity index (χ2n) is 9.35. The van der Waals surface area contributed by atoms with Gasteiger partial charge in [0.05, 0.1) is 11.1 Å².